The second-order valence-corrected chi connectivity index (χ2v) is 3.05. The largest absolute Gasteiger partial charge is 0.295 e. The van der Waals surface area contributed by atoms with E-state index in [0.29, 0.717) is 5.56 Å². The van der Waals surface area contributed by atoms with Crippen molar-refractivity contribution in [3.05, 3.63) is 34.3 Å². The van der Waals surface area contributed by atoms with E-state index in [1.807, 2.05) is 12.1 Å². The lowest BCUT2D eigenvalue weighted by Gasteiger charge is -1.96. The molecule has 0 unspecified atom stereocenters. The highest BCUT2D eigenvalue weighted by Gasteiger charge is 2.00. The van der Waals surface area contributed by atoms with Gasteiger partial charge in [-0.1, -0.05) is 28.1 Å². The molecule has 0 aliphatic heterocycles. The number of carbonyl (C=O) groups excluding carboxylic acids is 1. The molecule has 0 saturated carbocycles. The van der Waals surface area contributed by atoms with Crippen molar-refractivity contribution in [2.75, 3.05) is 0 Å². The lowest BCUT2D eigenvalue weighted by Crippen LogP contribution is -1.96. The summed E-state index contributed by atoms with van der Waals surface area (Å²) in [4.78, 5) is 11.0. The van der Waals surface area contributed by atoms with Gasteiger partial charge in [0.05, 0.1) is 7.85 Å². The minimum absolute atomic E-state index is 0.0301. The van der Waals surface area contributed by atoms with E-state index >= 15 is 0 Å². The highest BCUT2D eigenvalue weighted by atomic mass is 79.9. The van der Waals surface area contributed by atoms with Crippen molar-refractivity contribution in [3.63, 3.8) is 0 Å². The van der Waals surface area contributed by atoms with Crippen LogP contribution in [0.3, 0.4) is 0 Å². The highest BCUT2D eigenvalue weighted by molar-refractivity contribution is 9.10. The fourth-order valence-electron chi connectivity index (χ4n) is 0.754. The Bertz CT molecular complexity index is 255. The molecule has 0 amide bonds. The van der Waals surface area contributed by atoms with E-state index in [2.05, 4.69) is 15.9 Å². The second-order valence-electron chi connectivity index (χ2n) is 2.13. The van der Waals surface area contributed by atoms with Crippen molar-refractivity contribution in [1.82, 2.24) is 0 Å². The number of hydrogen-bond acceptors (Lipinski definition) is 1. The van der Waals surface area contributed by atoms with Crippen molar-refractivity contribution < 1.29 is 4.79 Å². The van der Waals surface area contributed by atoms with Crippen LogP contribution < -0.4 is 0 Å². The van der Waals surface area contributed by atoms with Crippen LogP contribution in [0.1, 0.15) is 10.4 Å². The Kier molecular flexibility index (Phi) is 2.88. The Morgan fingerprint density at radius 2 is 1.91 bits per heavy atom. The molecule has 0 fully saturated rings. The molecule has 1 aromatic rings. The third kappa shape index (κ3) is 2.19. The number of rotatable bonds is 2. The molecule has 0 heterocycles. The van der Waals surface area contributed by atoms with Gasteiger partial charge in [-0.05, 0) is 18.5 Å². The second kappa shape index (κ2) is 3.72. The van der Waals surface area contributed by atoms with Gasteiger partial charge in [-0.2, -0.15) is 0 Å². The summed E-state index contributed by atoms with van der Waals surface area (Å²) in [5.74, 6) is -0.0301. The number of ketones is 1. The molecule has 1 rings (SSSR count). The Labute approximate surface area is 75.3 Å². The first-order chi connectivity index (χ1) is 5.24. The molecule has 0 atom stereocenters. The number of hydrogen-bond donors (Lipinski definition) is 0. The normalized spacial score (nSPS) is 9.55. The quantitative estimate of drug-likeness (QED) is 0.538. The van der Waals surface area contributed by atoms with Gasteiger partial charge in [0.1, 0.15) is 0 Å². The van der Waals surface area contributed by atoms with E-state index in [1.165, 1.54) is 0 Å². The van der Waals surface area contributed by atoms with Crippen molar-refractivity contribution in [2.45, 2.75) is 6.32 Å². The van der Waals surface area contributed by atoms with Gasteiger partial charge in [-0.25, -0.2) is 0 Å². The van der Waals surface area contributed by atoms with E-state index in [9.17, 15) is 4.79 Å². The molecule has 0 bridgehead atoms. The summed E-state index contributed by atoms with van der Waals surface area (Å²) in [6, 6.07) is 7.14. The van der Waals surface area contributed by atoms with Crippen LogP contribution in [-0.2, 0) is 0 Å². The maximum atomic E-state index is 11.0. The standard InChI is InChI=1S/C8H6BBrO/c9-5-8(11)6-1-3-7(10)4-2-6/h1-4H,5H2. The van der Waals surface area contributed by atoms with Gasteiger partial charge in [-0.3, -0.25) is 4.79 Å². The van der Waals surface area contributed by atoms with Gasteiger partial charge in [0.25, 0.3) is 0 Å². The van der Waals surface area contributed by atoms with Gasteiger partial charge in [0.15, 0.2) is 5.78 Å². The smallest absolute Gasteiger partial charge is 0.154 e. The molecule has 0 spiro atoms. The molecule has 54 valence electrons. The highest BCUT2D eigenvalue weighted by Crippen LogP contribution is 2.11. The number of benzene rings is 1. The maximum Gasteiger partial charge on any atom is 0.154 e. The molecule has 1 nitrogen and oxygen atoms in total. The minimum atomic E-state index is -0.0301. The summed E-state index contributed by atoms with van der Waals surface area (Å²) in [5, 5.41) is 0. The van der Waals surface area contributed by atoms with Crippen molar-refractivity contribution in [2.24, 2.45) is 0 Å². The first-order valence-electron chi connectivity index (χ1n) is 3.23. The maximum absolute atomic E-state index is 11.0. The van der Waals surface area contributed by atoms with Crippen molar-refractivity contribution in [3.8, 4) is 0 Å². The van der Waals surface area contributed by atoms with Crippen molar-refractivity contribution >= 4 is 29.6 Å². The zero-order valence-corrected chi connectivity index (χ0v) is 7.47. The fourth-order valence-corrected chi connectivity index (χ4v) is 1.02. The molecule has 2 radical (unpaired) electrons. The zero-order valence-electron chi connectivity index (χ0n) is 5.88. The molecule has 1 aromatic carbocycles. The van der Waals surface area contributed by atoms with Crippen LogP contribution in [-0.4, -0.2) is 13.6 Å². The Hall–Kier alpha value is -0.565. The van der Waals surface area contributed by atoms with Crippen LogP contribution in [0.2, 0.25) is 6.32 Å². The summed E-state index contributed by atoms with van der Waals surface area (Å²) in [6.07, 6.45) is 0.0711. The van der Waals surface area contributed by atoms with Gasteiger partial charge in [-0.15, -0.1) is 0 Å². The number of Topliss-reactive ketones (excluding diaryl/α,β-unsaturated/α-hetero) is 1. The molecule has 0 aromatic heterocycles. The van der Waals surface area contributed by atoms with Crippen LogP contribution in [0.5, 0.6) is 0 Å². The average molecular weight is 209 g/mol. The Balaban J connectivity index is 2.90. The van der Waals surface area contributed by atoms with Crippen LogP contribution in [0.4, 0.5) is 0 Å². The topological polar surface area (TPSA) is 17.1 Å². The van der Waals surface area contributed by atoms with Crippen LogP contribution >= 0.6 is 15.9 Å². The molecule has 0 N–H and O–H groups in total. The fraction of sp³-hybridized carbons (Fsp3) is 0.125. The van der Waals surface area contributed by atoms with E-state index in [4.69, 9.17) is 7.85 Å². The summed E-state index contributed by atoms with van der Waals surface area (Å²) in [6.45, 7) is 0. The van der Waals surface area contributed by atoms with Crippen LogP contribution in [0, 0.1) is 0 Å². The summed E-state index contributed by atoms with van der Waals surface area (Å²) < 4.78 is 0.964. The van der Waals surface area contributed by atoms with Gasteiger partial charge in [0.2, 0.25) is 0 Å². The van der Waals surface area contributed by atoms with E-state index in [1.54, 1.807) is 12.1 Å². The molecule has 11 heavy (non-hydrogen) atoms. The summed E-state index contributed by atoms with van der Waals surface area (Å²) >= 11 is 3.27. The molecule has 0 saturated heterocycles. The first-order valence-corrected chi connectivity index (χ1v) is 4.02. The first kappa shape index (κ1) is 8.53. The molecular formula is C8H6BBrO. The third-order valence-electron chi connectivity index (χ3n) is 1.35. The van der Waals surface area contributed by atoms with Gasteiger partial charge < -0.3 is 0 Å². The predicted octanol–water partition coefficient (Wildman–Crippen LogP) is 2.22. The predicted molar refractivity (Wildman–Crippen MR) is 49.0 cm³/mol. The van der Waals surface area contributed by atoms with E-state index < -0.39 is 0 Å². The molecular weight excluding hydrogens is 203 g/mol. The van der Waals surface area contributed by atoms with Crippen LogP contribution in [0.25, 0.3) is 0 Å². The lowest BCUT2D eigenvalue weighted by molar-refractivity contribution is 0.101. The molecule has 3 heteroatoms. The van der Waals surface area contributed by atoms with Gasteiger partial charge in [0, 0.05) is 10.0 Å². The number of halogens is 1. The zero-order chi connectivity index (χ0) is 8.27. The molecule has 0 aliphatic rings. The van der Waals surface area contributed by atoms with Crippen molar-refractivity contribution in [1.29, 1.82) is 0 Å². The monoisotopic (exact) mass is 208 g/mol. The third-order valence-corrected chi connectivity index (χ3v) is 1.88. The van der Waals surface area contributed by atoms with E-state index in [0.717, 1.165) is 4.47 Å². The molecule has 0 aliphatic carbocycles. The Morgan fingerprint density at radius 1 is 1.36 bits per heavy atom. The number of carbonyl (C=O) groups is 1. The minimum Gasteiger partial charge on any atom is -0.295 e. The summed E-state index contributed by atoms with van der Waals surface area (Å²) in [7, 11) is 5.18. The Morgan fingerprint density at radius 3 is 2.36 bits per heavy atom. The SMILES string of the molecule is [B]CC(=O)c1ccc(Br)cc1. The lowest BCUT2D eigenvalue weighted by atomic mass is 9.96. The summed E-state index contributed by atoms with van der Waals surface area (Å²) in [5.41, 5.74) is 0.663. The van der Waals surface area contributed by atoms with Crippen LogP contribution in [0.15, 0.2) is 28.7 Å². The van der Waals surface area contributed by atoms with Gasteiger partial charge >= 0.3 is 0 Å². The average Bonchev–Trinajstić information content (AvgIpc) is 2.05. The van der Waals surface area contributed by atoms with E-state index in [-0.39, 0.29) is 12.1 Å².